The van der Waals surface area contributed by atoms with Crippen molar-refractivity contribution in [3.8, 4) is 6.07 Å². The molecule has 2 aliphatic carbocycles. The number of hydrogen-bond acceptors (Lipinski definition) is 4. The zero-order valence-corrected chi connectivity index (χ0v) is 9.76. The zero-order chi connectivity index (χ0) is 11.9. The molecule has 1 saturated heterocycles. The summed E-state index contributed by atoms with van der Waals surface area (Å²) in [5.41, 5.74) is 0. The molecule has 0 aromatic heterocycles. The lowest BCUT2D eigenvalue weighted by Crippen LogP contribution is -2.42. The van der Waals surface area contributed by atoms with Crippen molar-refractivity contribution in [2.45, 2.75) is 31.5 Å². The van der Waals surface area contributed by atoms with Crippen LogP contribution in [-0.4, -0.2) is 24.1 Å². The Hall–Kier alpha value is -1.05. The van der Waals surface area contributed by atoms with Crippen LogP contribution in [0.15, 0.2) is 11.8 Å². The van der Waals surface area contributed by atoms with Gasteiger partial charge in [-0.15, -0.1) is 0 Å². The number of allylic oxidation sites excluding steroid dienone is 2. The van der Waals surface area contributed by atoms with Crippen molar-refractivity contribution in [2.24, 2.45) is 17.8 Å². The molecule has 3 unspecified atom stereocenters. The Bertz CT molecular complexity index is 379. The van der Waals surface area contributed by atoms with Crippen molar-refractivity contribution >= 4 is 0 Å². The van der Waals surface area contributed by atoms with E-state index in [4.69, 9.17) is 14.7 Å². The lowest BCUT2D eigenvalue weighted by molar-refractivity contribution is -0.195. The number of fused-ring (bicyclic) bond motifs is 1. The molecule has 3 rings (SSSR count). The number of aliphatic hydroxyl groups excluding tert-OH is 1. The Balaban J connectivity index is 1.79. The van der Waals surface area contributed by atoms with Crippen LogP contribution in [0.1, 0.15) is 25.7 Å². The largest absolute Gasteiger partial charge is 0.512 e. The topological polar surface area (TPSA) is 62.5 Å². The summed E-state index contributed by atoms with van der Waals surface area (Å²) < 4.78 is 11.5. The second-order valence-corrected chi connectivity index (χ2v) is 5.28. The normalized spacial score (nSPS) is 39.5. The van der Waals surface area contributed by atoms with Gasteiger partial charge in [-0.2, -0.15) is 5.26 Å². The van der Waals surface area contributed by atoms with Crippen LogP contribution in [0.4, 0.5) is 0 Å². The highest BCUT2D eigenvalue weighted by atomic mass is 16.7. The zero-order valence-electron chi connectivity index (χ0n) is 9.76. The first-order valence-corrected chi connectivity index (χ1v) is 6.31. The van der Waals surface area contributed by atoms with E-state index in [9.17, 15) is 5.11 Å². The molecule has 1 N–H and O–H groups in total. The van der Waals surface area contributed by atoms with Crippen LogP contribution in [0.25, 0.3) is 0 Å². The van der Waals surface area contributed by atoms with E-state index in [2.05, 4.69) is 6.07 Å². The maximum absolute atomic E-state index is 9.97. The van der Waals surface area contributed by atoms with Gasteiger partial charge in [-0.1, -0.05) is 0 Å². The third-order valence-electron chi connectivity index (χ3n) is 4.27. The molecular weight excluding hydrogens is 218 g/mol. The van der Waals surface area contributed by atoms with Gasteiger partial charge in [0.2, 0.25) is 0 Å². The van der Waals surface area contributed by atoms with E-state index in [0.717, 1.165) is 25.7 Å². The smallest absolute Gasteiger partial charge is 0.168 e. The van der Waals surface area contributed by atoms with Crippen molar-refractivity contribution < 1.29 is 14.6 Å². The van der Waals surface area contributed by atoms with Crippen LogP contribution >= 0.6 is 0 Å². The maximum Gasteiger partial charge on any atom is 0.168 e. The van der Waals surface area contributed by atoms with E-state index in [1.165, 1.54) is 0 Å². The molecule has 0 radical (unpaired) electrons. The quantitative estimate of drug-likeness (QED) is 0.698. The van der Waals surface area contributed by atoms with Crippen molar-refractivity contribution in [2.75, 3.05) is 13.2 Å². The Morgan fingerprint density at radius 3 is 2.88 bits per heavy atom. The Kier molecular flexibility index (Phi) is 2.61. The SMILES string of the molecule is N#CC1C=C(O)C2CCC3(CC2C1)OCCO3. The lowest BCUT2D eigenvalue weighted by atomic mass is 9.68. The van der Waals surface area contributed by atoms with E-state index in [0.29, 0.717) is 24.9 Å². The number of aliphatic hydroxyl groups is 1. The molecule has 0 amide bonds. The molecule has 1 aliphatic heterocycles. The average molecular weight is 235 g/mol. The molecule has 2 fully saturated rings. The molecule has 0 aromatic rings. The molecule has 1 heterocycles. The summed E-state index contributed by atoms with van der Waals surface area (Å²) >= 11 is 0. The molecule has 1 saturated carbocycles. The second-order valence-electron chi connectivity index (χ2n) is 5.28. The van der Waals surface area contributed by atoms with Gasteiger partial charge in [-0.25, -0.2) is 0 Å². The minimum absolute atomic E-state index is 0.159. The minimum atomic E-state index is -0.418. The second kappa shape index (κ2) is 4.01. The maximum atomic E-state index is 9.97. The van der Waals surface area contributed by atoms with Crippen molar-refractivity contribution in [3.05, 3.63) is 11.8 Å². The summed E-state index contributed by atoms with van der Waals surface area (Å²) in [7, 11) is 0. The van der Waals surface area contributed by atoms with Gasteiger partial charge in [0, 0.05) is 18.8 Å². The first kappa shape index (κ1) is 11.1. The van der Waals surface area contributed by atoms with Gasteiger partial charge in [0.25, 0.3) is 0 Å². The minimum Gasteiger partial charge on any atom is -0.512 e. The summed E-state index contributed by atoms with van der Waals surface area (Å²) in [6.45, 7) is 1.34. The predicted molar refractivity (Wildman–Crippen MR) is 59.9 cm³/mol. The van der Waals surface area contributed by atoms with Gasteiger partial charge in [0.1, 0.15) is 0 Å². The third kappa shape index (κ3) is 1.84. The summed E-state index contributed by atoms with van der Waals surface area (Å²) in [5, 5.41) is 19.0. The van der Waals surface area contributed by atoms with Crippen LogP contribution in [0.3, 0.4) is 0 Å². The number of nitrogens with zero attached hydrogens (tertiary/aromatic N) is 1. The Morgan fingerprint density at radius 2 is 2.18 bits per heavy atom. The molecule has 3 atom stereocenters. The van der Waals surface area contributed by atoms with E-state index < -0.39 is 5.79 Å². The predicted octanol–water partition coefficient (Wildman–Crippen LogP) is 2.13. The van der Waals surface area contributed by atoms with Gasteiger partial charge in [-0.3, -0.25) is 0 Å². The Morgan fingerprint density at radius 1 is 1.41 bits per heavy atom. The van der Waals surface area contributed by atoms with E-state index in [1.54, 1.807) is 6.08 Å². The van der Waals surface area contributed by atoms with Crippen LogP contribution in [0, 0.1) is 29.1 Å². The molecule has 3 aliphatic rings. The van der Waals surface area contributed by atoms with Crippen LogP contribution in [0.2, 0.25) is 0 Å². The fourth-order valence-corrected chi connectivity index (χ4v) is 3.46. The molecule has 0 bridgehead atoms. The molecule has 92 valence electrons. The average Bonchev–Trinajstić information content (AvgIpc) is 2.76. The summed E-state index contributed by atoms with van der Waals surface area (Å²) in [6, 6.07) is 2.23. The van der Waals surface area contributed by atoms with Gasteiger partial charge < -0.3 is 14.6 Å². The standard InChI is InChI=1S/C13H17NO3/c14-8-9-5-10-7-13(16-3-4-17-13)2-1-11(10)12(15)6-9/h6,9-11,15H,1-5,7H2. The number of ether oxygens (including phenoxy) is 2. The molecule has 17 heavy (non-hydrogen) atoms. The number of nitriles is 1. The van der Waals surface area contributed by atoms with Crippen LogP contribution in [0.5, 0.6) is 0 Å². The first-order valence-electron chi connectivity index (χ1n) is 6.31. The highest BCUT2D eigenvalue weighted by Gasteiger charge is 2.47. The fraction of sp³-hybridized carbons (Fsp3) is 0.769. The lowest BCUT2D eigenvalue weighted by Gasteiger charge is -2.43. The Labute approximate surface area is 101 Å². The van der Waals surface area contributed by atoms with Gasteiger partial charge in [0.05, 0.1) is 31.0 Å². The van der Waals surface area contributed by atoms with Crippen molar-refractivity contribution in [1.29, 1.82) is 5.26 Å². The van der Waals surface area contributed by atoms with Crippen LogP contribution < -0.4 is 0 Å². The van der Waals surface area contributed by atoms with Gasteiger partial charge >= 0.3 is 0 Å². The van der Waals surface area contributed by atoms with Gasteiger partial charge in [0.15, 0.2) is 5.79 Å². The highest BCUT2D eigenvalue weighted by molar-refractivity contribution is 5.14. The molecular formula is C13H17NO3. The monoisotopic (exact) mass is 235 g/mol. The fourth-order valence-electron chi connectivity index (χ4n) is 3.46. The van der Waals surface area contributed by atoms with Crippen LogP contribution in [-0.2, 0) is 9.47 Å². The number of hydrogen-bond donors (Lipinski definition) is 1. The van der Waals surface area contributed by atoms with E-state index >= 15 is 0 Å². The number of rotatable bonds is 0. The van der Waals surface area contributed by atoms with Crippen molar-refractivity contribution in [3.63, 3.8) is 0 Å². The van der Waals surface area contributed by atoms with Crippen molar-refractivity contribution in [1.82, 2.24) is 0 Å². The molecule has 4 heteroatoms. The van der Waals surface area contributed by atoms with E-state index in [1.807, 2.05) is 0 Å². The third-order valence-corrected chi connectivity index (χ3v) is 4.27. The summed E-state index contributed by atoms with van der Waals surface area (Å²) in [5.74, 6) is 0.349. The summed E-state index contributed by atoms with van der Waals surface area (Å²) in [6.07, 6.45) is 5.09. The molecule has 1 spiro atoms. The first-order chi connectivity index (χ1) is 8.22. The molecule has 4 nitrogen and oxygen atoms in total. The molecule has 0 aromatic carbocycles. The summed E-state index contributed by atoms with van der Waals surface area (Å²) in [4.78, 5) is 0. The highest BCUT2D eigenvalue weighted by Crippen LogP contribution is 2.48. The van der Waals surface area contributed by atoms with Gasteiger partial charge in [-0.05, 0) is 24.8 Å². The van der Waals surface area contributed by atoms with E-state index in [-0.39, 0.29) is 11.8 Å².